The number of fused-ring (bicyclic) bond motifs is 2. The summed E-state index contributed by atoms with van der Waals surface area (Å²) in [5, 5.41) is 29.8. The van der Waals surface area contributed by atoms with Crippen molar-refractivity contribution < 1.29 is 15.3 Å². The average Bonchev–Trinajstić information content (AvgIpc) is 3.40. The van der Waals surface area contributed by atoms with Crippen LogP contribution in [0.1, 0.15) is 70.0 Å². The van der Waals surface area contributed by atoms with E-state index in [1.54, 1.807) is 0 Å². The molecule has 2 aliphatic rings. The third kappa shape index (κ3) is 3.93. The average molecular weight is 443 g/mol. The first-order valence-electron chi connectivity index (χ1n) is 12.1. The summed E-state index contributed by atoms with van der Waals surface area (Å²) in [6.07, 6.45) is 3.67. The van der Waals surface area contributed by atoms with Crippen LogP contribution in [0.3, 0.4) is 0 Å². The molecular weight excluding hydrogens is 408 g/mol. The SMILES string of the molecule is Cc1cc(C(c2ccc(O)c(C)c2)C2CC3CC2CC3c2ccc(CO)c(C)c2)ccc1O. The summed E-state index contributed by atoms with van der Waals surface area (Å²) in [5.74, 6) is 3.43. The molecule has 2 bridgehead atoms. The molecule has 3 heteroatoms. The maximum absolute atomic E-state index is 10.1. The Labute approximate surface area is 196 Å². The van der Waals surface area contributed by atoms with Crippen molar-refractivity contribution in [2.75, 3.05) is 0 Å². The van der Waals surface area contributed by atoms with Gasteiger partial charge in [-0.2, -0.15) is 0 Å². The van der Waals surface area contributed by atoms with E-state index in [2.05, 4.69) is 49.4 Å². The highest BCUT2D eigenvalue weighted by molar-refractivity contribution is 5.45. The number of hydrogen-bond acceptors (Lipinski definition) is 3. The summed E-state index contributed by atoms with van der Waals surface area (Å²) in [4.78, 5) is 0. The van der Waals surface area contributed by atoms with Crippen molar-refractivity contribution in [3.05, 3.63) is 93.5 Å². The number of phenolic OH excluding ortho intramolecular Hbond substituents is 2. The Morgan fingerprint density at radius 1 is 0.727 bits per heavy atom. The highest BCUT2D eigenvalue weighted by Gasteiger charge is 2.49. The minimum Gasteiger partial charge on any atom is -0.508 e. The van der Waals surface area contributed by atoms with Crippen LogP contribution in [0.25, 0.3) is 0 Å². The quantitative estimate of drug-likeness (QED) is 0.424. The summed E-state index contributed by atoms with van der Waals surface area (Å²) in [6.45, 7) is 6.13. The molecule has 0 aromatic heterocycles. The van der Waals surface area contributed by atoms with Crippen LogP contribution in [-0.4, -0.2) is 15.3 Å². The van der Waals surface area contributed by atoms with Gasteiger partial charge in [0.25, 0.3) is 0 Å². The first-order chi connectivity index (χ1) is 15.9. The van der Waals surface area contributed by atoms with Crippen LogP contribution in [0.15, 0.2) is 54.6 Å². The second-order valence-electron chi connectivity index (χ2n) is 10.4. The van der Waals surface area contributed by atoms with E-state index in [1.807, 2.05) is 26.0 Å². The lowest BCUT2D eigenvalue weighted by molar-refractivity contribution is 0.278. The summed E-state index contributed by atoms with van der Waals surface area (Å²) in [5.41, 5.74) is 7.96. The van der Waals surface area contributed by atoms with E-state index in [-0.39, 0.29) is 12.5 Å². The van der Waals surface area contributed by atoms with Gasteiger partial charge >= 0.3 is 0 Å². The van der Waals surface area contributed by atoms with Crippen molar-refractivity contribution in [1.82, 2.24) is 0 Å². The van der Waals surface area contributed by atoms with E-state index < -0.39 is 0 Å². The zero-order chi connectivity index (χ0) is 23.3. The first-order valence-corrected chi connectivity index (χ1v) is 12.1. The molecule has 3 nitrogen and oxygen atoms in total. The number of aliphatic hydroxyl groups is 1. The third-order valence-electron chi connectivity index (χ3n) is 8.46. The molecular formula is C30H34O3. The predicted octanol–water partition coefficient (Wildman–Crippen LogP) is 6.48. The van der Waals surface area contributed by atoms with Gasteiger partial charge in [-0.15, -0.1) is 0 Å². The number of rotatable bonds is 5. The van der Waals surface area contributed by atoms with E-state index in [0.29, 0.717) is 35.2 Å². The molecule has 3 N–H and O–H groups in total. The van der Waals surface area contributed by atoms with Gasteiger partial charge in [-0.25, -0.2) is 0 Å². The van der Waals surface area contributed by atoms with E-state index >= 15 is 0 Å². The Bertz CT molecular complexity index is 1130. The Morgan fingerprint density at radius 2 is 1.36 bits per heavy atom. The van der Waals surface area contributed by atoms with Crippen LogP contribution in [0.5, 0.6) is 11.5 Å². The summed E-state index contributed by atoms with van der Waals surface area (Å²) < 4.78 is 0. The van der Waals surface area contributed by atoms with Gasteiger partial charge in [0.05, 0.1) is 6.61 Å². The number of aliphatic hydroxyl groups excluding tert-OH is 1. The van der Waals surface area contributed by atoms with Gasteiger partial charge in [0.2, 0.25) is 0 Å². The normalized spacial score (nSPS) is 24.0. The highest BCUT2D eigenvalue weighted by atomic mass is 16.3. The van der Waals surface area contributed by atoms with Gasteiger partial charge in [-0.1, -0.05) is 42.5 Å². The second-order valence-corrected chi connectivity index (χ2v) is 10.4. The Kier molecular flexibility index (Phi) is 5.70. The zero-order valence-electron chi connectivity index (χ0n) is 19.8. The van der Waals surface area contributed by atoms with E-state index in [1.165, 1.54) is 41.5 Å². The van der Waals surface area contributed by atoms with Crippen LogP contribution in [0.4, 0.5) is 0 Å². The minimum atomic E-state index is 0.102. The molecule has 0 aliphatic heterocycles. The largest absolute Gasteiger partial charge is 0.508 e. The molecule has 0 spiro atoms. The molecule has 0 heterocycles. The maximum atomic E-state index is 10.1. The van der Waals surface area contributed by atoms with Gasteiger partial charge in [0, 0.05) is 5.92 Å². The maximum Gasteiger partial charge on any atom is 0.118 e. The van der Waals surface area contributed by atoms with Gasteiger partial charge in [-0.3, -0.25) is 0 Å². The van der Waals surface area contributed by atoms with Gasteiger partial charge in [0.15, 0.2) is 0 Å². The van der Waals surface area contributed by atoms with Crippen LogP contribution in [-0.2, 0) is 6.61 Å². The van der Waals surface area contributed by atoms with Crippen molar-refractivity contribution in [1.29, 1.82) is 0 Å². The first kappa shape index (κ1) is 22.0. The molecule has 2 fully saturated rings. The molecule has 4 atom stereocenters. The molecule has 5 rings (SSSR count). The topological polar surface area (TPSA) is 60.7 Å². The molecule has 2 saturated carbocycles. The van der Waals surface area contributed by atoms with Crippen LogP contribution < -0.4 is 0 Å². The molecule has 4 unspecified atom stereocenters. The summed E-state index contributed by atoms with van der Waals surface area (Å²) >= 11 is 0. The molecule has 0 saturated heterocycles. The molecule has 3 aromatic carbocycles. The lowest BCUT2D eigenvalue weighted by atomic mass is 9.69. The number of aryl methyl sites for hydroxylation is 3. The number of aromatic hydroxyl groups is 2. The highest BCUT2D eigenvalue weighted by Crippen LogP contribution is 2.60. The number of hydrogen-bond donors (Lipinski definition) is 3. The van der Waals surface area contributed by atoms with Gasteiger partial charge in [-0.05, 0) is 115 Å². The fraction of sp³-hybridized carbons (Fsp3) is 0.400. The predicted molar refractivity (Wildman–Crippen MR) is 132 cm³/mol. The van der Waals surface area contributed by atoms with Crippen LogP contribution >= 0.6 is 0 Å². The van der Waals surface area contributed by atoms with E-state index in [9.17, 15) is 15.3 Å². The Balaban J connectivity index is 1.47. The summed E-state index contributed by atoms with van der Waals surface area (Å²) in [7, 11) is 0. The molecule has 172 valence electrons. The smallest absolute Gasteiger partial charge is 0.118 e. The lowest BCUT2D eigenvalue weighted by Gasteiger charge is -2.35. The van der Waals surface area contributed by atoms with Crippen LogP contribution in [0, 0.1) is 38.5 Å². The molecule has 3 aromatic rings. The fourth-order valence-electron chi connectivity index (χ4n) is 6.69. The minimum absolute atomic E-state index is 0.102. The Hall–Kier alpha value is -2.78. The van der Waals surface area contributed by atoms with Crippen LogP contribution in [0.2, 0.25) is 0 Å². The van der Waals surface area contributed by atoms with E-state index in [4.69, 9.17) is 0 Å². The van der Waals surface area contributed by atoms with E-state index in [0.717, 1.165) is 16.7 Å². The fourth-order valence-corrected chi connectivity index (χ4v) is 6.69. The number of phenols is 2. The van der Waals surface area contributed by atoms with Crippen molar-refractivity contribution in [2.24, 2.45) is 17.8 Å². The molecule has 2 aliphatic carbocycles. The molecule has 0 radical (unpaired) electrons. The van der Waals surface area contributed by atoms with Gasteiger partial charge in [0.1, 0.15) is 11.5 Å². The van der Waals surface area contributed by atoms with Crippen molar-refractivity contribution in [3.8, 4) is 11.5 Å². The standard InChI is InChI=1S/C30H34O3/c1-17-10-20(4-5-23(17)16-31)26-14-25-13-24(26)15-27(25)30(21-6-8-28(32)18(2)11-21)22-7-9-29(33)19(3)12-22/h4-12,24-27,30-33H,13-16H2,1-3H3. The third-order valence-corrected chi connectivity index (χ3v) is 8.46. The van der Waals surface area contributed by atoms with Crippen molar-refractivity contribution in [2.45, 2.75) is 58.5 Å². The van der Waals surface area contributed by atoms with Gasteiger partial charge < -0.3 is 15.3 Å². The number of benzene rings is 3. The Morgan fingerprint density at radius 3 is 1.85 bits per heavy atom. The lowest BCUT2D eigenvalue weighted by Crippen LogP contribution is -2.24. The summed E-state index contributed by atoms with van der Waals surface area (Å²) in [6, 6.07) is 18.7. The second kappa shape index (κ2) is 8.53. The molecule has 33 heavy (non-hydrogen) atoms. The van der Waals surface area contributed by atoms with Crippen molar-refractivity contribution in [3.63, 3.8) is 0 Å². The zero-order valence-corrected chi connectivity index (χ0v) is 19.8. The van der Waals surface area contributed by atoms with Crippen molar-refractivity contribution >= 4 is 0 Å². The monoisotopic (exact) mass is 442 g/mol. The molecule has 0 amide bonds.